The molecule has 0 bridgehead atoms. The van der Waals surface area contributed by atoms with E-state index in [1.54, 1.807) is 11.3 Å². The zero-order valence-electron chi connectivity index (χ0n) is 28.5. The minimum atomic E-state index is 0.650. The van der Waals surface area contributed by atoms with Crippen LogP contribution >= 0.6 is 11.3 Å². The predicted octanol–water partition coefficient (Wildman–Crippen LogP) is 12.8. The molecule has 2 heterocycles. The Morgan fingerprint density at radius 1 is 0.321 bits per heavy atom. The van der Waals surface area contributed by atoms with E-state index in [-0.39, 0.29) is 0 Å². The number of nitrogens with zero attached hydrogens (tertiary/aromatic N) is 4. The van der Waals surface area contributed by atoms with Crippen molar-refractivity contribution in [1.82, 2.24) is 19.9 Å². The van der Waals surface area contributed by atoms with E-state index in [9.17, 15) is 0 Å². The average molecular weight is 695 g/mol. The summed E-state index contributed by atoms with van der Waals surface area (Å²) in [5.41, 5.74) is 9.75. The van der Waals surface area contributed by atoms with Gasteiger partial charge in [0.1, 0.15) is 5.01 Å². The molecule has 0 saturated carbocycles. The van der Waals surface area contributed by atoms with E-state index in [4.69, 9.17) is 19.9 Å². The summed E-state index contributed by atoms with van der Waals surface area (Å²) in [6.45, 7) is 0. The van der Waals surface area contributed by atoms with E-state index in [1.807, 2.05) is 60.7 Å². The van der Waals surface area contributed by atoms with Gasteiger partial charge in [0.2, 0.25) is 0 Å². The van der Waals surface area contributed by atoms with Gasteiger partial charge in [0.15, 0.2) is 17.5 Å². The lowest BCUT2D eigenvalue weighted by Gasteiger charge is -2.13. The maximum absolute atomic E-state index is 5.08. The molecule has 0 unspecified atom stereocenters. The Bertz CT molecular complexity index is 2880. The van der Waals surface area contributed by atoms with Gasteiger partial charge in [-0.05, 0) is 62.7 Å². The SMILES string of the molecule is c1ccc(-c2cccc(-c3nc4ccc5cc(-c6ccc(-c7nc(-c8ccccc8)nc(-c8ccccc8)n7)c7ccccc67)ccc5c4s3)c2)cc1. The number of rotatable bonds is 6. The third kappa shape index (κ3) is 5.74. The Kier molecular flexibility index (Phi) is 7.63. The van der Waals surface area contributed by atoms with Gasteiger partial charge < -0.3 is 0 Å². The summed E-state index contributed by atoms with van der Waals surface area (Å²) >= 11 is 1.76. The molecule has 0 aliphatic heterocycles. The Hall–Kier alpha value is -6.82. The maximum atomic E-state index is 5.08. The minimum absolute atomic E-state index is 0.650. The molecule has 8 aromatic carbocycles. The second kappa shape index (κ2) is 13.1. The van der Waals surface area contributed by atoms with Gasteiger partial charge in [0.25, 0.3) is 0 Å². The second-order valence-corrected chi connectivity index (χ2v) is 14.1. The van der Waals surface area contributed by atoms with Gasteiger partial charge in [-0.15, -0.1) is 11.3 Å². The van der Waals surface area contributed by atoms with Gasteiger partial charge in [-0.1, -0.05) is 158 Å². The van der Waals surface area contributed by atoms with Crippen molar-refractivity contribution < 1.29 is 0 Å². The summed E-state index contributed by atoms with van der Waals surface area (Å²) in [4.78, 5) is 20.1. The Morgan fingerprint density at radius 2 is 0.887 bits per heavy atom. The van der Waals surface area contributed by atoms with Gasteiger partial charge >= 0.3 is 0 Å². The van der Waals surface area contributed by atoms with Crippen LogP contribution in [0.25, 0.3) is 98.7 Å². The summed E-state index contributed by atoms with van der Waals surface area (Å²) in [5.74, 6) is 1.95. The Labute approximate surface area is 310 Å². The summed E-state index contributed by atoms with van der Waals surface area (Å²) in [6, 6.07) is 63.5. The lowest BCUT2D eigenvalue weighted by atomic mass is 9.93. The first kappa shape index (κ1) is 31.0. The van der Waals surface area contributed by atoms with E-state index < -0.39 is 0 Å². The maximum Gasteiger partial charge on any atom is 0.164 e. The summed E-state index contributed by atoms with van der Waals surface area (Å²) < 4.78 is 1.20. The van der Waals surface area contributed by atoms with Crippen molar-refractivity contribution >= 4 is 43.1 Å². The van der Waals surface area contributed by atoms with Crippen LogP contribution in [0.2, 0.25) is 0 Å². The zero-order valence-corrected chi connectivity index (χ0v) is 29.3. The number of hydrogen-bond acceptors (Lipinski definition) is 5. The fraction of sp³-hybridized carbons (Fsp3) is 0. The summed E-state index contributed by atoms with van der Waals surface area (Å²) in [6.07, 6.45) is 0. The second-order valence-electron chi connectivity index (χ2n) is 13.1. The number of aromatic nitrogens is 4. The van der Waals surface area contributed by atoms with Crippen molar-refractivity contribution in [2.24, 2.45) is 0 Å². The fourth-order valence-electron chi connectivity index (χ4n) is 7.14. The lowest BCUT2D eigenvalue weighted by Crippen LogP contribution is -2.00. The van der Waals surface area contributed by atoms with Gasteiger partial charge in [-0.2, -0.15) is 0 Å². The Morgan fingerprint density at radius 3 is 1.58 bits per heavy atom. The molecule has 0 aliphatic rings. The molecule has 10 rings (SSSR count). The van der Waals surface area contributed by atoms with Crippen molar-refractivity contribution in [3.63, 3.8) is 0 Å². The standard InChI is InChI=1S/C48H30N4S/c1-4-13-31(14-5-1)34-19-12-20-37(29-34)48-49-43-28-24-36-30-35(23-25-39(36)44(43)53-48)38-26-27-42(41-22-11-10-21-40(38)41)47-51-45(32-15-6-2-7-16-32)50-46(52-47)33-17-8-3-9-18-33/h1-30H. The topological polar surface area (TPSA) is 51.6 Å². The first-order valence-electron chi connectivity index (χ1n) is 17.6. The highest BCUT2D eigenvalue weighted by molar-refractivity contribution is 7.22. The lowest BCUT2D eigenvalue weighted by molar-refractivity contribution is 1.08. The molecule has 0 saturated heterocycles. The molecule has 0 radical (unpaired) electrons. The monoisotopic (exact) mass is 694 g/mol. The molecule has 0 spiro atoms. The van der Waals surface area contributed by atoms with Gasteiger partial charge in [-0.3, -0.25) is 0 Å². The quantitative estimate of drug-likeness (QED) is 0.174. The van der Waals surface area contributed by atoms with E-state index in [0.29, 0.717) is 17.5 Å². The van der Waals surface area contributed by atoms with Crippen molar-refractivity contribution in [2.75, 3.05) is 0 Å². The average Bonchev–Trinajstić information content (AvgIpc) is 3.69. The van der Waals surface area contributed by atoms with Crippen molar-refractivity contribution in [3.8, 4) is 67.0 Å². The molecule has 0 fully saturated rings. The number of fused-ring (bicyclic) bond motifs is 4. The third-order valence-electron chi connectivity index (χ3n) is 9.76. The highest BCUT2D eigenvalue weighted by atomic mass is 32.1. The van der Waals surface area contributed by atoms with Crippen molar-refractivity contribution in [2.45, 2.75) is 0 Å². The third-order valence-corrected chi connectivity index (χ3v) is 10.9. The van der Waals surface area contributed by atoms with Crippen LogP contribution < -0.4 is 0 Å². The molecular formula is C48H30N4S. The van der Waals surface area contributed by atoms with Gasteiger partial charge in [0, 0.05) is 27.6 Å². The number of benzene rings is 8. The number of thiazole rings is 1. The predicted molar refractivity (Wildman–Crippen MR) is 221 cm³/mol. The molecule has 0 atom stereocenters. The number of hydrogen-bond donors (Lipinski definition) is 0. The molecular weight excluding hydrogens is 665 g/mol. The van der Waals surface area contributed by atoms with E-state index in [2.05, 4.69) is 121 Å². The molecule has 53 heavy (non-hydrogen) atoms. The van der Waals surface area contributed by atoms with Crippen LogP contribution in [0, 0.1) is 0 Å². The minimum Gasteiger partial charge on any atom is -0.236 e. The van der Waals surface area contributed by atoms with Crippen LogP contribution in [0.3, 0.4) is 0 Å². The summed E-state index contributed by atoms with van der Waals surface area (Å²) in [7, 11) is 0. The van der Waals surface area contributed by atoms with Crippen LogP contribution in [0.15, 0.2) is 182 Å². The molecule has 0 aliphatic carbocycles. The van der Waals surface area contributed by atoms with Gasteiger partial charge in [0.05, 0.1) is 10.2 Å². The van der Waals surface area contributed by atoms with Crippen molar-refractivity contribution in [3.05, 3.63) is 182 Å². The van der Waals surface area contributed by atoms with Crippen LogP contribution in [0.1, 0.15) is 0 Å². The first-order chi connectivity index (χ1) is 26.2. The van der Waals surface area contributed by atoms with E-state index in [1.165, 1.54) is 26.6 Å². The highest BCUT2D eigenvalue weighted by Gasteiger charge is 2.17. The van der Waals surface area contributed by atoms with Crippen LogP contribution in [-0.2, 0) is 0 Å². The van der Waals surface area contributed by atoms with E-state index in [0.717, 1.165) is 54.7 Å². The first-order valence-corrected chi connectivity index (χ1v) is 18.5. The van der Waals surface area contributed by atoms with E-state index >= 15 is 0 Å². The molecule has 0 N–H and O–H groups in total. The van der Waals surface area contributed by atoms with Crippen LogP contribution in [0.5, 0.6) is 0 Å². The van der Waals surface area contributed by atoms with Crippen LogP contribution in [0.4, 0.5) is 0 Å². The highest BCUT2D eigenvalue weighted by Crippen LogP contribution is 2.40. The molecule has 248 valence electrons. The zero-order chi connectivity index (χ0) is 35.1. The fourth-order valence-corrected chi connectivity index (χ4v) is 8.24. The molecule has 2 aromatic heterocycles. The largest absolute Gasteiger partial charge is 0.236 e. The molecule has 10 aromatic rings. The Balaban J connectivity index is 1.06. The smallest absolute Gasteiger partial charge is 0.164 e. The molecule has 0 amide bonds. The van der Waals surface area contributed by atoms with Gasteiger partial charge in [-0.25, -0.2) is 19.9 Å². The molecule has 5 heteroatoms. The van der Waals surface area contributed by atoms with Crippen molar-refractivity contribution in [1.29, 1.82) is 0 Å². The molecule has 4 nitrogen and oxygen atoms in total. The van der Waals surface area contributed by atoms with Crippen LogP contribution in [-0.4, -0.2) is 19.9 Å². The normalized spacial score (nSPS) is 11.4. The summed E-state index contributed by atoms with van der Waals surface area (Å²) in [5, 5.41) is 5.66.